The van der Waals surface area contributed by atoms with Crippen molar-refractivity contribution in [3.8, 4) is 5.75 Å². The van der Waals surface area contributed by atoms with Crippen molar-refractivity contribution < 1.29 is 9.13 Å². The number of halogens is 1. The van der Waals surface area contributed by atoms with Crippen molar-refractivity contribution in [1.82, 2.24) is 4.90 Å². The molecule has 94 valence electrons. The number of hydrogen-bond donors (Lipinski definition) is 1. The van der Waals surface area contributed by atoms with Crippen LogP contribution in [0.1, 0.15) is 12.8 Å². The Bertz CT molecular complexity index is 359. The predicted octanol–water partition coefficient (Wildman–Crippen LogP) is 1.63. The summed E-state index contributed by atoms with van der Waals surface area (Å²) in [5.74, 6) is 0.0280. The molecule has 1 atom stereocenters. The molecule has 2 N–H and O–H groups in total. The molecule has 4 heteroatoms. The van der Waals surface area contributed by atoms with Gasteiger partial charge in [0.2, 0.25) is 0 Å². The average Bonchev–Trinajstić information content (AvgIpc) is 2.79. The Morgan fingerprint density at radius 2 is 2.24 bits per heavy atom. The fraction of sp³-hybridized carbons (Fsp3) is 0.538. The summed E-state index contributed by atoms with van der Waals surface area (Å²) in [6.07, 6.45) is 2.36. The van der Waals surface area contributed by atoms with Crippen LogP contribution in [0.2, 0.25) is 0 Å². The quantitative estimate of drug-likeness (QED) is 0.847. The van der Waals surface area contributed by atoms with Crippen LogP contribution >= 0.6 is 0 Å². The number of likely N-dealkylation sites (tertiary alicyclic amines) is 1. The van der Waals surface area contributed by atoms with Crippen molar-refractivity contribution in [3.63, 3.8) is 0 Å². The van der Waals surface area contributed by atoms with E-state index in [0.717, 1.165) is 19.5 Å². The summed E-state index contributed by atoms with van der Waals surface area (Å²) in [6.45, 7) is 3.09. The first-order valence-corrected chi connectivity index (χ1v) is 6.12. The highest BCUT2D eigenvalue weighted by molar-refractivity contribution is 5.23. The third-order valence-electron chi connectivity index (χ3n) is 3.24. The molecule has 0 bridgehead atoms. The Morgan fingerprint density at radius 1 is 1.41 bits per heavy atom. The van der Waals surface area contributed by atoms with Crippen LogP contribution in [0.25, 0.3) is 0 Å². The van der Waals surface area contributed by atoms with E-state index >= 15 is 0 Å². The van der Waals surface area contributed by atoms with Crippen LogP contribution in [-0.2, 0) is 0 Å². The molecule has 17 heavy (non-hydrogen) atoms. The van der Waals surface area contributed by atoms with E-state index in [2.05, 4.69) is 4.90 Å². The molecular formula is C13H19FN2O. The minimum atomic E-state index is -0.302. The molecule has 1 unspecified atom stereocenters. The zero-order chi connectivity index (χ0) is 12.1. The number of ether oxygens (including phenoxy) is 1. The van der Waals surface area contributed by atoms with Gasteiger partial charge >= 0.3 is 0 Å². The van der Waals surface area contributed by atoms with Gasteiger partial charge in [0.05, 0.1) is 0 Å². The molecule has 1 aromatic carbocycles. The Balaban J connectivity index is 1.78. The summed E-state index contributed by atoms with van der Waals surface area (Å²) < 4.78 is 18.7. The van der Waals surface area contributed by atoms with Crippen LogP contribution in [-0.4, -0.2) is 37.2 Å². The lowest BCUT2D eigenvalue weighted by molar-refractivity contribution is 0.195. The molecule has 0 aromatic heterocycles. The molecule has 0 aliphatic carbocycles. The van der Waals surface area contributed by atoms with Gasteiger partial charge in [0, 0.05) is 19.1 Å². The Hall–Kier alpha value is -1.13. The first-order valence-electron chi connectivity index (χ1n) is 6.12. The second-order valence-corrected chi connectivity index (χ2v) is 4.35. The maximum atomic E-state index is 13.3. The monoisotopic (exact) mass is 238 g/mol. The second kappa shape index (κ2) is 5.98. The van der Waals surface area contributed by atoms with Gasteiger partial charge in [-0.05, 0) is 31.5 Å². The van der Waals surface area contributed by atoms with Crippen molar-refractivity contribution in [3.05, 3.63) is 30.1 Å². The fourth-order valence-electron chi connectivity index (χ4n) is 2.29. The maximum absolute atomic E-state index is 13.3. The van der Waals surface area contributed by atoms with E-state index in [9.17, 15) is 4.39 Å². The molecule has 1 fully saturated rings. The maximum Gasteiger partial charge on any atom is 0.165 e. The van der Waals surface area contributed by atoms with E-state index in [4.69, 9.17) is 10.5 Å². The number of benzene rings is 1. The zero-order valence-corrected chi connectivity index (χ0v) is 9.94. The molecule has 0 saturated carbocycles. The first-order chi connectivity index (χ1) is 8.31. The molecule has 1 saturated heterocycles. The molecule has 1 aliphatic rings. The average molecular weight is 238 g/mol. The van der Waals surface area contributed by atoms with Crippen molar-refractivity contribution in [2.24, 2.45) is 5.73 Å². The summed E-state index contributed by atoms with van der Waals surface area (Å²) in [6, 6.07) is 6.97. The zero-order valence-electron chi connectivity index (χ0n) is 9.94. The fourth-order valence-corrected chi connectivity index (χ4v) is 2.29. The van der Waals surface area contributed by atoms with Gasteiger partial charge in [0.1, 0.15) is 6.61 Å². The predicted molar refractivity (Wildman–Crippen MR) is 65.5 cm³/mol. The summed E-state index contributed by atoms with van der Waals surface area (Å²) >= 11 is 0. The molecule has 0 amide bonds. The van der Waals surface area contributed by atoms with Crippen LogP contribution in [0, 0.1) is 5.82 Å². The summed E-state index contributed by atoms with van der Waals surface area (Å²) in [5.41, 5.74) is 5.69. The second-order valence-electron chi connectivity index (χ2n) is 4.35. The molecule has 1 aliphatic heterocycles. The minimum Gasteiger partial charge on any atom is -0.489 e. The lowest BCUT2D eigenvalue weighted by Crippen LogP contribution is -2.37. The van der Waals surface area contributed by atoms with E-state index < -0.39 is 0 Å². The van der Waals surface area contributed by atoms with Gasteiger partial charge in [-0.25, -0.2) is 4.39 Å². The van der Waals surface area contributed by atoms with Gasteiger partial charge in [-0.2, -0.15) is 0 Å². The number of nitrogens with two attached hydrogens (primary N) is 1. The van der Waals surface area contributed by atoms with Crippen LogP contribution in [0.4, 0.5) is 4.39 Å². The highest BCUT2D eigenvalue weighted by atomic mass is 19.1. The van der Waals surface area contributed by atoms with Gasteiger partial charge in [-0.3, -0.25) is 4.90 Å². The highest BCUT2D eigenvalue weighted by Gasteiger charge is 2.22. The molecule has 2 rings (SSSR count). The normalized spacial score (nSPS) is 20.7. The third kappa shape index (κ3) is 3.17. The van der Waals surface area contributed by atoms with Crippen molar-refractivity contribution in [2.75, 3.05) is 26.2 Å². The van der Waals surface area contributed by atoms with Gasteiger partial charge in [-0.15, -0.1) is 0 Å². The first kappa shape index (κ1) is 12.3. The molecule has 1 aromatic rings. The van der Waals surface area contributed by atoms with E-state index in [1.807, 2.05) is 0 Å². The smallest absolute Gasteiger partial charge is 0.165 e. The van der Waals surface area contributed by atoms with Crippen LogP contribution in [0.15, 0.2) is 24.3 Å². The Morgan fingerprint density at radius 3 is 3.00 bits per heavy atom. The minimum absolute atomic E-state index is 0.302. The van der Waals surface area contributed by atoms with Crippen LogP contribution < -0.4 is 10.5 Å². The van der Waals surface area contributed by atoms with Crippen LogP contribution in [0.5, 0.6) is 5.75 Å². The Labute approximate surface area is 101 Å². The summed E-state index contributed by atoms with van der Waals surface area (Å²) in [4.78, 5) is 2.32. The number of rotatable bonds is 5. The summed E-state index contributed by atoms with van der Waals surface area (Å²) in [5, 5.41) is 0. The van der Waals surface area contributed by atoms with Gasteiger partial charge < -0.3 is 10.5 Å². The van der Waals surface area contributed by atoms with E-state index in [1.165, 1.54) is 12.5 Å². The number of nitrogens with zero attached hydrogens (tertiary/aromatic N) is 1. The molecular weight excluding hydrogens is 219 g/mol. The van der Waals surface area contributed by atoms with Crippen molar-refractivity contribution in [1.29, 1.82) is 0 Å². The molecule has 1 heterocycles. The standard InChI is InChI=1S/C13H19FN2O/c14-12-5-1-2-6-13(12)17-9-8-16-7-3-4-11(16)10-15/h1-2,5-6,11H,3-4,7-10,15H2. The van der Waals surface area contributed by atoms with Crippen molar-refractivity contribution in [2.45, 2.75) is 18.9 Å². The SMILES string of the molecule is NCC1CCCN1CCOc1ccccc1F. The van der Waals surface area contributed by atoms with E-state index in [1.54, 1.807) is 18.2 Å². The lowest BCUT2D eigenvalue weighted by atomic mass is 10.2. The molecule has 0 radical (unpaired) electrons. The Kier molecular flexibility index (Phi) is 4.34. The third-order valence-corrected chi connectivity index (χ3v) is 3.24. The topological polar surface area (TPSA) is 38.5 Å². The van der Waals surface area contributed by atoms with Crippen molar-refractivity contribution >= 4 is 0 Å². The van der Waals surface area contributed by atoms with Gasteiger partial charge in [-0.1, -0.05) is 12.1 Å². The number of para-hydroxylation sites is 1. The van der Waals surface area contributed by atoms with E-state index in [0.29, 0.717) is 24.9 Å². The van der Waals surface area contributed by atoms with E-state index in [-0.39, 0.29) is 5.82 Å². The van der Waals surface area contributed by atoms with Gasteiger partial charge in [0.15, 0.2) is 11.6 Å². The summed E-state index contributed by atoms with van der Waals surface area (Å²) in [7, 11) is 0. The van der Waals surface area contributed by atoms with Gasteiger partial charge in [0.25, 0.3) is 0 Å². The highest BCUT2D eigenvalue weighted by Crippen LogP contribution is 2.17. The van der Waals surface area contributed by atoms with Crippen LogP contribution in [0.3, 0.4) is 0 Å². The lowest BCUT2D eigenvalue weighted by Gasteiger charge is -2.22. The largest absolute Gasteiger partial charge is 0.489 e. The molecule has 3 nitrogen and oxygen atoms in total. The molecule has 0 spiro atoms. The number of hydrogen-bond acceptors (Lipinski definition) is 3.